The Kier molecular flexibility index (Phi) is 5.94. The summed E-state index contributed by atoms with van der Waals surface area (Å²) in [5.74, 6) is -0.721. The van der Waals surface area contributed by atoms with Crippen molar-refractivity contribution in [2.24, 2.45) is 0 Å². The molecule has 0 atom stereocenters. The van der Waals surface area contributed by atoms with E-state index in [4.69, 9.17) is 4.74 Å². The molecule has 1 heterocycles. The molecule has 0 bridgehead atoms. The van der Waals surface area contributed by atoms with Gasteiger partial charge in [0.15, 0.2) is 0 Å². The largest absolute Gasteiger partial charge is 0.493 e. The van der Waals surface area contributed by atoms with E-state index in [0.717, 1.165) is 16.9 Å². The summed E-state index contributed by atoms with van der Waals surface area (Å²) < 4.78 is 6.17. The Morgan fingerprint density at radius 2 is 1.79 bits per heavy atom. The number of rotatable bonds is 5. The van der Waals surface area contributed by atoms with Crippen LogP contribution in [0.5, 0.6) is 5.75 Å². The number of hydrogen-bond donors (Lipinski definition) is 1. The average Bonchev–Trinajstić information content (AvgIpc) is 2.67. The van der Waals surface area contributed by atoms with Gasteiger partial charge in [-0.3, -0.25) is 14.9 Å². The lowest BCUT2D eigenvalue weighted by molar-refractivity contribution is -0.122. The van der Waals surface area contributed by atoms with Crippen molar-refractivity contribution in [1.29, 1.82) is 0 Å². The van der Waals surface area contributed by atoms with Crippen LogP contribution in [0.1, 0.15) is 25.0 Å². The molecule has 1 saturated heterocycles. The minimum atomic E-state index is -0.760. The number of carbonyl (C=O) groups excluding carboxylic acids is 3. The molecule has 0 aliphatic carbocycles. The van der Waals surface area contributed by atoms with Gasteiger partial charge >= 0.3 is 6.03 Å². The first-order chi connectivity index (χ1) is 13.4. The highest BCUT2D eigenvalue weighted by atomic mass is 79.9. The van der Waals surface area contributed by atoms with Crippen molar-refractivity contribution in [3.05, 3.63) is 63.6 Å². The van der Waals surface area contributed by atoms with Crippen molar-refractivity contribution in [2.45, 2.75) is 20.3 Å². The highest BCUT2D eigenvalue weighted by Gasteiger charge is 2.36. The number of ether oxygens (including phenoxy) is 1. The number of urea groups is 1. The maximum absolute atomic E-state index is 12.9. The molecule has 2 aromatic rings. The van der Waals surface area contributed by atoms with Gasteiger partial charge < -0.3 is 4.74 Å². The third-order valence-corrected chi connectivity index (χ3v) is 4.89. The molecule has 4 amide bonds. The van der Waals surface area contributed by atoms with Gasteiger partial charge in [-0.1, -0.05) is 25.1 Å². The number of hydrogen-bond acceptors (Lipinski definition) is 4. The van der Waals surface area contributed by atoms with Crippen molar-refractivity contribution >= 4 is 45.5 Å². The van der Waals surface area contributed by atoms with Gasteiger partial charge in [-0.15, -0.1) is 0 Å². The molecule has 7 heteroatoms. The van der Waals surface area contributed by atoms with E-state index < -0.39 is 17.8 Å². The van der Waals surface area contributed by atoms with Crippen LogP contribution < -0.4 is 15.0 Å². The van der Waals surface area contributed by atoms with Crippen molar-refractivity contribution < 1.29 is 19.1 Å². The molecule has 0 saturated carbocycles. The predicted octanol–water partition coefficient (Wildman–Crippen LogP) is 4.08. The van der Waals surface area contributed by atoms with Crippen LogP contribution in [0.2, 0.25) is 0 Å². The van der Waals surface area contributed by atoms with Gasteiger partial charge in [-0.05, 0) is 70.7 Å². The van der Waals surface area contributed by atoms with Crippen LogP contribution in [0.25, 0.3) is 6.08 Å². The molecule has 2 aromatic carbocycles. The highest BCUT2D eigenvalue weighted by molar-refractivity contribution is 9.10. The second-order valence-corrected chi connectivity index (χ2v) is 6.96. The van der Waals surface area contributed by atoms with Gasteiger partial charge in [0.05, 0.1) is 16.8 Å². The summed E-state index contributed by atoms with van der Waals surface area (Å²) in [5.41, 5.74) is 2.00. The van der Waals surface area contributed by atoms with Crippen molar-refractivity contribution in [2.75, 3.05) is 11.5 Å². The number of anilines is 1. The van der Waals surface area contributed by atoms with Crippen LogP contribution in [0.15, 0.2) is 52.5 Å². The fourth-order valence-corrected chi connectivity index (χ4v) is 3.33. The standard InChI is InChI=1S/C21H19BrN2O4/c1-3-13-5-8-15(9-6-13)24-20(26)16(19(25)23-21(24)27)11-14-7-10-18(28-4-2)17(22)12-14/h5-12H,3-4H2,1-2H3,(H,23,25,27)/b16-11-. The van der Waals surface area contributed by atoms with E-state index in [1.165, 1.54) is 6.08 Å². The number of halogens is 1. The number of barbiturate groups is 1. The van der Waals surface area contributed by atoms with Crippen LogP contribution in [0.4, 0.5) is 10.5 Å². The molecular weight excluding hydrogens is 424 g/mol. The SMILES string of the molecule is CCOc1ccc(/C=C2/C(=O)NC(=O)N(c3ccc(CC)cc3)C2=O)cc1Br. The first-order valence-electron chi connectivity index (χ1n) is 8.87. The second-order valence-electron chi connectivity index (χ2n) is 6.10. The van der Waals surface area contributed by atoms with E-state index in [-0.39, 0.29) is 5.57 Å². The number of nitrogens with one attached hydrogen (secondary N) is 1. The van der Waals surface area contributed by atoms with E-state index in [9.17, 15) is 14.4 Å². The molecule has 144 valence electrons. The molecule has 28 heavy (non-hydrogen) atoms. The van der Waals surface area contributed by atoms with Crippen LogP contribution in [0.3, 0.4) is 0 Å². The maximum atomic E-state index is 12.9. The lowest BCUT2D eigenvalue weighted by Gasteiger charge is -2.26. The topological polar surface area (TPSA) is 75.7 Å². The number of amides is 4. The van der Waals surface area contributed by atoms with Gasteiger partial charge in [-0.2, -0.15) is 0 Å². The van der Waals surface area contributed by atoms with E-state index in [0.29, 0.717) is 28.1 Å². The summed E-state index contributed by atoms with van der Waals surface area (Å²) in [5, 5.41) is 2.23. The van der Waals surface area contributed by atoms with Crippen LogP contribution in [0, 0.1) is 0 Å². The molecule has 1 aliphatic rings. The smallest absolute Gasteiger partial charge is 0.335 e. The number of benzene rings is 2. The molecule has 6 nitrogen and oxygen atoms in total. The van der Waals surface area contributed by atoms with Crippen LogP contribution in [-0.2, 0) is 16.0 Å². The van der Waals surface area contributed by atoms with Crippen molar-refractivity contribution in [3.8, 4) is 5.75 Å². The highest BCUT2D eigenvalue weighted by Crippen LogP contribution is 2.28. The van der Waals surface area contributed by atoms with Gasteiger partial charge in [0.25, 0.3) is 11.8 Å². The van der Waals surface area contributed by atoms with Gasteiger partial charge in [0.2, 0.25) is 0 Å². The summed E-state index contributed by atoms with van der Waals surface area (Å²) in [4.78, 5) is 38.4. The molecule has 1 aliphatic heterocycles. The normalized spacial score (nSPS) is 15.8. The first-order valence-corrected chi connectivity index (χ1v) is 9.66. The lowest BCUT2D eigenvalue weighted by Crippen LogP contribution is -2.54. The zero-order chi connectivity index (χ0) is 20.3. The number of aryl methyl sites for hydroxylation is 1. The predicted molar refractivity (Wildman–Crippen MR) is 110 cm³/mol. The molecule has 1 fully saturated rings. The van der Waals surface area contributed by atoms with Crippen molar-refractivity contribution in [3.63, 3.8) is 0 Å². The second kappa shape index (κ2) is 8.39. The molecule has 0 aromatic heterocycles. The Labute approximate surface area is 171 Å². The quantitative estimate of drug-likeness (QED) is 0.559. The van der Waals surface area contributed by atoms with E-state index >= 15 is 0 Å². The fraction of sp³-hybridized carbons (Fsp3) is 0.190. The van der Waals surface area contributed by atoms with E-state index in [2.05, 4.69) is 21.2 Å². The zero-order valence-electron chi connectivity index (χ0n) is 15.5. The van der Waals surface area contributed by atoms with Crippen LogP contribution in [-0.4, -0.2) is 24.5 Å². The molecular formula is C21H19BrN2O4. The van der Waals surface area contributed by atoms with Gasteiger partial charge in [-0.25, -0.2) is 9.69 Å². The Balaban J connectivity index is 1.95. The number of imide groups is 2. The summed E-state index contributed by atoms with van der Waals surface area (Å²) >= 11 is 3.41. The summed E-state index contributed by atoms with van der Waals surface area (Å²) in [6.07, 6.45) is 2.30. The molecule has 3 rings (SSSR count). The molecule has 0 spiro atoms. The summed E-state index contributed by atoms with van der Waals surface area (Å²) in [6, 6.07) is 11.5. The molecule has 1 N–H and O–H groups in total. The van der Waals surface area contributed by atoms with Gasteiger partial charge in [0, 0.05) is 0 Å². The number of nitrogens with zero attached hydrogens (tertiary/aromatic N) is 1. The first kappa shape index (κ1) is 19.8. The van der Waals surface area contributed by atoms with Crippen molar-refractivity contribution in [1.82, 2.24) is 5.32 Å². The van der Waals surface area contributed by atoms with E-state index in [1.54, 1.807) is 30.3 Å². The Morgan fingerprint density at radius 1 is 1.07 bits per heavy atom. The van der Waals surface area contributed by atoms with Crippen LogP contribution >= 0.6 is 15.9 Å². The lowest BCUT2D eigenvalue weighted by atomic mass is 10.1. The van der Waals surface area contributed by atoms with E-state index in [1.807, 2.05) is 26.0 Å². The number of carbonyl (C=O) groups is 3. The summed E-state index contributed by atoms with van der Waals surface area (Å²) in [6.45, 7) is 4.42. The summed E-state index contributed by atoms with van der Waals surface area (Å²) in [7, 11) is 0. The Bertz CT molecular complexity index is 967. The van der Waals surface area contributed by atoms with Gasteiger partial charge in [0.1, 0.15) is 11.3 Å². The third kappa shape index (κ3) is 3.99. The zero-order valence-corrected chi connectivity index (χ0v) is 17.1. The Hall–Kier alpha value is -2.93. The Morgan fingerprint density at radius 3 is 2.39 bits per heavy atom. The third-order valence-electron chi connectivity index (χ3n) is 4.27. The minimum Gasteiger partial charge on any atom is -0.493 e. The average molecular weight is 443 g/mol. The fourth-order valence-electron chi connectivity index (χ4n) is 2.82. The maximum Gasteiger partial charge on any atom is 0.335 e. The monoisotopic (exact) mass is 442 g/mol. The molecule has 0 unspecified atom stereocenters. The minimum absolute atomic E-state index is 0.116. The molecule has 0 radical (unpaired) electrons.